The molecule has 0 aromatic carbocycles. The molecule has 2 heterocycles. The van der Waals surface area contributed by atoms with Crippen LogP contribution >= 0.6 is 11.6 Å². The van der Waals surface area contributed by atoms with Crippen molar-refractivity contribution in [3.8, 4) is 5.75 Å². The van der Waals surface area contributed by atoms with Gasteiger partial charge in [-0.1, -0.05) is 11.6 Å². The Kier molecular flexibility index (Phi) is 2.62. The minimum absolute atomic E-state index is 0.449. The molecule has 0 aliphatic carbocycles. The Morgan fingerprint density at radius 2 is 2.06 bits per heavy atom. The minimum atomic E-state index is -4.79. The Balaban J connectivity index is 2.89. The maximum atomic E-state index is 12.7. The maximum absolute atomic E-state index is 12.7. The van der Waals surface area contributed by atoms with E-state index in [2.05, 4.69) is 4.98 Å². The van der Waals surface area contributed by atoms with Gasteiger partial charge in [0.05, 0.1) is 6.20 Å². The van der Waals surface area contributed by atoms with Crippen molar-refractivity contribution in [3.05, 3.63) is 28.7 Å². The number of aromatic hydroxyl groups is 1. The Bertz CT molecular complexity index is 651. The second-order valence-corrected chi connectivity index (χ2v) is 3.72. The fourth-order valence-electron chi connectivity index (χ4n) is 1.45. The number of rotatable bonds is 1. The van der Waals surface area contributed by atoms with Crippen LogP contribution in [0.3, 0.4) is 0 Å². The van der Waals surface area contributed by atoms with E-state index in [0.29, 0.717) is 10.5 Å². The van der Waals surface area contributed by atoms with E-state index in [4.69, 9.17) is 16.7 Å². The van der Waals surface area contributed by atoms with E-state index in [1.807, 2.05) is 0 Å². The summed E-state index contributed by atoms with van der Waals surface area (Å²) in [5.74, 6) is -2.26. The van der Waals surface area contributed by atoms with E-state index in [1.54, 1.807) is 0 Å². The summed E-state index contributed by atoms with van der Waals surface area (Å²) in [4.78, 5) is 14.1. The van der Waals surface area contributed by atoms with Gasteiger partial charge in [0.1, 0.15) is 16.5 Å². The SMILES string of the molecule is O=C(O)c1nc2c(C(F)(F)F)cc(O)cn2c1Cl. The maximum Gasteiger partial charge on any atom is 0.420 e. The van der Waals surface area contributed by atoms with Crippen LogP contribution < -0.4 is 0 Å². The third-order valence-corrected chi connectivity index (χ3v) is 2.52. The van der Waals surface area contributed by atoms with Crippen LogP contribution in [0.15, 0.2) is 12.3 Å². The Hall–Kier alpha value is -1.96. The van der Waals surface area contributed by atoms with Crippen molar-refractivity contribution in [3.63, 3.8) is 0 Å². The largest absolute Gasteiger partial charge is 0.506 e. The first-order valence-electron chi connectivity index (χ1n) is 4.43. The van der Waals surface area contributed by atoms with Gasteiger partial charge in [-0.25, -0.2) is 9.78 Å². The summed E-state index contributed by atoms with van der Waals surface area (Å²) in [5.41, 5.74) is -2.66. The number of hydrogen-bond donors (Lipinski definition) is 2. The van der Waals surface area contributed by atoms with E-state index < -0.39 is 40.0 Å². The topological polar surface area (TPSA) is 74.8 Å². The average molecular weight is 281 g/mol. The second kappa shape index (κ2) is 3.77. The molecule has 9 heteroatoms. The van der Waals surface area contributed by atoms with Gasteiger partial charge in [-0.2, -0.15) is 13.2 Å². The highest BCUT2D eigenvalue weighted by Crippen LogP contribution is 2.35. The summed E-state index contributed by atoms with van der Waals surface area (Å²) in [6.45, 7) is 0. The van der Waals surface area contributed by atoms with Crippen LogP contribution in [0.5, 0.6) is 5.75 Å². The molecule has 5 nitrogen and oxygen atoms in total. The van der Waals surface area contributed by atoms with E-state index in [1.165, 1.54) is 0 Å². The van der Waals surface area contributed by atoms with Crippen molar-refractivity contribution in [2.75, 3.05) is 0 Å². The number of halogens is 4. The summed E-state index contributed by atoms with van der Waals surface area (Å²) in [7, 11) is 0. The van der Waals surface area contributed by atoms with Crippen LogP contribution in [0, 0.1) is 0 Å². The van der Waals surface area contributed by atoms with Gasteiger partial charge in [0.25, 0.3) is 0 Å². The van der Waals surface area contributed by atoms with Gasteiger partial charge in [0, 0.05) is 0 Å². The molecule has 18 heavy (non-hydrogen) atoms. The predicted molar refractivity (Wildman–Crippen MR) is 53.8 cm³/mol. The van der Waals surface area contributed by atoms with Crippen molar-refractivity contribution in [2.24, 2.45) is 0 Å². The van der Waals surface area contributed by atoms with Crippen LogP contribution in [0.1, 0.15) is 16.1 Å². The molecule has 2 N–H and O–H groups in total. The van der Waals surface area contributed by atoms with Gasteiger partial charge >= 0.3 is 12.1 Å². The molecule has 0 unspecified atom stereocenters. The normalized spacial score (nSPS) is 12.0. The molecule has 0 aliphatic heterocycles. The lowest BCUT2D eigenvalue weighted by atomic mass is 10.2. The van der Waals surface area contributed by atoms with E-state index in [0.717, 1.165) is 6.20 Å². The number of carbonyl (C=O) groups is 1. The number of imidazole rings is 1. The lowest BCUT2D eigenvalue weighted by Gasteiger charge is -2.08. The number of pyridine rings is 1. The number of nitrogens with zero attached hydrogens (tertiary/aromatic N) is 2. The molecule has 0 spiro atoms. The molecule has 96 valence electrons. The number of carboxylic acid groups (broad SMARTS) is 1. The molecule has 0 saturated heterocycles. The molecule has 0 aliphatic rings. The van der Waals surface area contributed by atoms with Crippen LogP contribution in [0.4, 0.5) is 13.2 Å². The fraction of sp³-hybridized carbons (Fsp3) is 0.111. The number of aromatic carboxylic acids is 1. The van der Waals surface area contributed by atoms with Crippen molar-refractivity contribution in [1.29, 1.82) is 0 Å². The smallest absolute Gasteiger partial charge is 0.420 e. The Labute approximate surface area is 102 Å². The fourth-order valence-corrected chi connectivity index (χ4v) is 1.70. The Morgan fingerprint density at radius 1 is 1.44 bits per heavy atom. The molecular weight excluding hydrogens is 277 g/mol. The van der Waals surface area contributed by atoms with E-state index in [-0.39, 0.29) is 0 Å². The van der Waals surface area contributed by atoms with Crippen LogP contribution in [0.2, 0.25) is 5.15 Å². The van der Waals surface area contributed by atoms with Gasteiger partial charge in [0.15, 0.2) is 11.3 Å². The van der Waals surface area contributed by atoms with Crippen molar-refractivity contribution < 1.29 is 28.2 Å². The summed E-state index contributed by atoms with van der Waals surface area (Å²) in [5, 5.41) is 17.4. The lowest BCUT2D eigenvalue weighted by Crippen LogP contribution is -2.07. The molecule has 2 aromatic heterocycles. The highest BCUT2D eigenvalue weighted by Gasteiger charge is 2.36. The first-order chi connectivity index (χ1) is 8.21. The molecule has 2 aromatic rings. The second-order valence-electron chi connectivity index (χ2n) is 3.36. The minimum Gasteiger partial charge on any atom is -0.506 e. The Morgan fingerprint density at radius 3 is 2.56 bits per heavy atom. The molecule has 0 saturated carbocycles. The number of hydrogen-bond acceptors (Lipinski definition) is 3. The number of fused-ring (bicyclic) bond motifs is 1. The zero-order chi connectivity index (χ0) is 13.7. The summed E-state index contributed by atoms with van der Waals surface area (Å²) in [6.07, 6.45) is -3.93. The number of aromatic nitrogens is 2. The molecule has 0 bridgehead atoms. The predicted octanol–water partition coefficient (Wildman–Crippen LogP) is 2.41. The quantitative estimate of drug-likeness (QED) is 0.841. The number of alkyl halides is 3. The highest BCUT2D eigenvalue weighted by atomic mass is 35.5. The third kappa shape index (κ3) is 1.84. The third-order valence-electron chi connectivity index (χ3n) is 2.16. The average Bonchev–Trinajstić information content (AvgIpc) is 2.54. The van der Waals surface area contributed by atoms with Gasteiger partial charge in [-0.3, -0.25) is 4.40 Å². The van der Waals surface area contributed by atoms with Gasteiger partial charge in [-0.05, 0) is 6.07 Å². The van der Waals surface area contributed by atoms with Crippen LogP contribution in [-0.2, 0) is 6.18 Å². The zero-order valence-corrected chi connectivity index (χ0v) is 9.12. The molecule has 0 amide bonds. The van der Waals surface area contributed by atoms with Crippen molar-refractivity contribution in [1.82, 2.24) is 9.38 Å². The molecule has 0 atom stereocenters. The molecule has 0 radical (unpaired) electrons. The number of carboxylic acids is 1. The van der Waals surface area contributed by atoms with E-state index >= 15 is 0 Å². The van der Waals surface area contributed by atoms with Crippen LogP contribution in [0.25, 0.3) is 5.65 Å². The van der Waals surface area contributed by atoms with Gasteiger partial charge < -0.3 is 10.2 Å². The molecular formula is C9H4ClF3N2O3. The van der Waals surface area contributed by atoms with Crippen molar-refractivity contribution in [2.45, 2.75) is 6.18 Å². The highest BCUT2D eigenvalue weighted by molar-refractivity contribution is 6.32. The lowest BCUT2D eigenvalue weighted by molar-refractivity contribution is -0.136. The first-order valence-corrected chi connectivity index (χ1v) is 4.80. The zero-order valence-electron chi connectivity index (χ0n) is 8.36. The van der Waals surface area contributed by atoms with Gasteiger partial charge in [-0.15, -0.1) is 0 Å². The van der Waals surface area contributed by atoms with Crippen molar-refractivity contribution >= 4 is 23.2 Å². The summed E-state index contributed by atoms with van der Waals surface area (Å²) < 4.78 is 38.7. The monoisotopic (exact) mass is 280 g/mol. The first kappa shape index (κ1) is 12.5. The summed E-state index contributed by atoms with van der Waals surface area (Å²) in [6, 6.07) is 0.449. The van der Waals surface area contributed by atoms with Gasteiger partial charge in [0.2, 0.25) is 0 Å². The standard InChI is InChI=1S/C9H4ClF3N2O3/c10-6-5(8(17)18)14-7-4(9(11,12)13)1-3(16)2-15(6)7/h1-2,16H,(H,17,18). The molecule has 0 fully saturated rings. The molecule has 2 rings (SSSR count). The van der Waals surface area contributed by atoms with E-state index in [9.17, 15) is 23.1 Å². The van der Waals surface area contributed by atoms with Crippen LogP contribution in [-0.4, -0.2) is 25.6 Å². The summed E-state index contributed by atoms with van der Waals surface area (Å²) >= 11 is 5.59.